The Hall–Kier alpha value is -1.39. The van der Waals surface area contributed by atoms with Gasteiger partial charge in [-0.1, -0.05) is 11.6 Å². The Morgan fingerprint density at radius 3 is 2.63 bits per heavy atom. The molecule has 0 fully saturated rings. The Morgan fingerprint density at radius 1 is 1.26 bits per heavy atom. The first-order valence-electron chi connectivity index (χ1n) is 5.36. The first-order chi connectivity index (χ1) is 9.02. The summed E-state index contributed by atoms with van der Waals surface area (Å²) in [7, 11) is 1.48. The minimum absolute atomic E-state index is 0.234. The second-order valence-electron chi connectivity index (χ2n) is 3.80. The highest BCUT2D eigenvalue weighted by molar-refractivity contribution is 9.10. The van der Waals surface area contributed by atoms with Gasteiger partial charge in [0.15, 0.2) is 5.78 Å². The van der Waals surface area contributed by atoms with Crippen LogP contribution in [0, 0.1) is 5.82 Å². The lowest BCUT2D eigenvalue weighted by Gasteiger charge is -2.07. The van der Waals surface area contributed by atoms with E-state index in [1.807, 2.05) is 0 Å². The number of halogens is 3. The van der Waals surface area contributed by atoms with Crippen molar-refractivity contribution in [3.63, 3.8) is 0 Å². The fraction of sp³-hybridized carbons (Fsp3) is 0.0714. The number of rotatable bonds is 3. The normalized spacial score (nSPS) is 10.3. The van der Waals surface area contributed by atoms with Crippen LogP contribution in [0.1, 0.15) is 15.9 Å². The van der Waals surface area contributed by atoms with Gasteiger partial charge < -0.3 is 4.74 Å². The van der Waals surface area contributed by atoms with E-state index >= 15 is 0 Å². The van der Waals surface area contributed by atoms with Crippen molar-refractivity contribution < 1.29 is 13.9 Å². The zero-order valence-electron chi connectivity index (χ0n) is 9.91. The zero-order chi connectivity index (χ0) is 14.0. The van der Waals surface area contributed by atoms with Gasteiger partial charge >= 0.3 is 0 Å². The largest absolute Gasteiger partial charge is 0.495 e. The van der Waals surface area contributed by atoms with Crippen molar-refractivity contribution >= 4 is 33.3 Å². The van der Waals surface area contributed by atoms with Crippen molar-refractivity contribution in [1.29, 1.82) is 0 Å². The molecule has 0 bridgehead atoms. The van der Waals surface area contributed by atoms with Crippen molar-refractivity contribution in [2.45, 2.75) is 0 Å². The third-order valence-corrected chi connectivity index (χ3v) is 3.56. The average molecular weight is 344 g/mol. The van der Waals surface area contributed by atoms with E-state index in [0.717, 1.165) is 0 Å². The Morgan fingerprint density at radius 2 is 2.00 bits per heavy atom. The average Bonchev–Trinajstić information content (AvgIpc) is 2.38. The summed E-state index contributed by atoms with van der Waals surface area (Å²) in [6.45, 7) is 0. The quantitative estimate of drug-likeness (QED) is 0.768. The van der Waals surface area contributed by atoms with Crippen LogP contribution in [0.2, 0.25) is 5.02 Å². The fourth-order valence-corrected chi connectivity index (χ4v) is 2.36. The number of carbonyl (C=O) groups excluding carboxylic acids is 1. The maximum atomic E-state index is 13.0. The second kappa shape index (κ2) is 5.72. The number of hydrogen-bond acceptors (Lipinski definition) is 2. The molecule has 0 saturated heterocycles. The predicted octanol–water partition coefficient (Wildman–Crippen LogP) is 4.48. The molecule has 0 radical (unpaired) electrons. The molecule has 19 heavy (non-hydrogen) atoms. The summed E-state index contributed by atoms with van der Waals surface area (Å²) in [5.74, 6) is -0.218. The van der Waals surface area contributed by atoms with Crippen LogP contribution in [0.5, 0.6) is 5.75 Å². The van der Waals surface area contributed by atoms with Crippen LogP contribution in [-0.4, -0.2) is 12.9 Å². The second-order valence-corrected chi connectivity index (χ2v) is 5.06. The summed E-state index contributed by atoms with van der Waals surface area (Å²) in [5, 5.41) is 0.428. The number of methoxy groups -OCH3 is 1. The highest BCUT2D eigenvalue weighted by Gasteiger charge is 2.15. The van der Waals surface area contributed by atoms with Crippen LogP contribution in [-0.2, 0) is 0 Å². The van der Waals surface area contributed by atoms with Gasteiger partial charge in [-0.2, -0.15) is 0 Å². The van der Waals surface area contributed by atoms with E-state index in [-0.39, 0.29) is 5.78 Å². The molecule has 0 aliphatic carbocycles. The predicted molar refractivity (Wildman–Crippen MR) is 75.5 cm³/mol. The molecule has 0 unspecified atom stereocenters. The molecule has 0 atom stereocenters. The minimum Gasteiger partial charge on any atom is -0.495 e. The summed E-state index contributed by atoms with van der Waals surface area (Å²) in [6, 6.07) is 8.67. The Labute approximate surface area is 123 Å². The lowest BCUT2D eigenvalue weighted by molar-refractivity contribution is 0.103. The molecule has 0 aliphatic heterocycles. The van der Waals surface area contributed by atoms with E-state index in [4.69, 9.17) is 16.3 Å². The minimum atomic E-state index is -0.405. The summed E-state index contributed by atoms with van der Waals surface area (Å²) < 4.78 is 18.5. The first-order valence-corrected chi connectivity index (χ1v) is 6.53. The van der Waals surface area contributed by atoms with E-state index in [1.54, 1.807) is 18.2 Å². The molecule has 0 spiro atoms. The molecule has 2 nitrogen and oxygen atoms in total. The van der Waals surface area contributed by atoms with E-state index < -0.39 is 5.82 Å². The van der Waals surface area contributed by atoms with Crippen LogP contribution in [0.25, 0.3) is 0 Å². The zero-order valence-corrected chi connectivity index (χ0v) is 12.3. The topological polar surface area (TPSA) is 26.3 Å². The van der Waals surface area contributed by atoms with Gasteiger partial charge in [0.1, 0.15) is 11.6 Å². The van der Waals surface area contributed by atoms with Crippen molar-refractivity contribution in [3.8, 4) is 5.75 Å². The van der Waals surface area contributed by atoms with E-state index in [1.165, 1.54) is 25.3 Å². The molecule has 0 N–H and O–H groups in total. The van der Waals surface area contributed by atoms with Crippen LogP contribution >= 0.6 is 27.5 Å². The van der Waals surface area contributed by atoms with Gasteiger partial charge in [0.05, 0.1) is 12.1 Å². The van der Waals surface area contributed by atoms with E-state index in [9.17, 15) is 9.18 Å². The van der Waals surface area contributed by atoms with Gasteiger partial charge in [0, 0.05) is 15.6 Å². The molecule has 5 heteroatoms. The molecule has 0 aromatic heterocycles. The maximum Gasteiger partial charge on any atom is 0.194 e. The Bertz CT molecular complexity index is 643. The first kappa shape index (κ1) is 14.0. The molecule has 0 saturated carbocycles. The number of ether oxygens (including phenoxy) is 1. The van der Waals surface area contributed by atoms with Gasteiger partial charge in [-0.05, 0) is 52.3 Å². The standard InChI is InChI=1S/C14H9BrClFO2/c1-19-13-6-8(2-5-12(13)16)14(18)10-4-3-9(17)7-11(10)15/h2-7H,1H3. The molecule has 2 aromatic rings. The van der Waals surface area contributed by atoms with Gasteiger partial charge in [-0.25, -0.2) is 4.39 Å². The Balaban J connectivity index is 2.44. The highest BCUT2D eigenvalue weighted by Crippen LogP contribution is 2.28. The molecule has 0 amide bonds. The van der Waals surface area contributed by atoms with Crippen LogP contribution in [0.15, 0.2) is 40.9 Å². The van der Waals surface area contributed by atoms with Crippen molar-refractivity contribution in [2.24, 2.45) is 0 Å². The molecule has 0 heterocycles. The smallest absolute Gasteiger partial charge is 0.194 e. The van der Waals surface area contributed by atoms with Gasteiger partial charge in [-0.3, -0.25) is 4.79 Å². The maximum absolute atomic E-state index is 13.0. The monoisotopic (exact) mass is 342 g/mol. The number of benzene rings is 2. The molecule has 0 aliphatic rings. The number of hydrogen-bond donors (Lipinski definition) is 0. The van der Waals surface area contributed by atoms with Crippen LogP contribution in [0.3, 0.4) is 0 Å². The third-order valence-electron chi connectivity index (χ3n) is 2.59. The van der Waals surface area contributed by atoms with Crippen LogP contribution < -0.4 is 4.74 Å². The van der Waals surface area contributed by atoms with Crippen LogP contribution in [0.4, 0.5) is 4.39 Å². The molecule has 98 valence electrons. The molecule has 2 rings (SSSR count). The SMILES string of the molecule is COc1cc(C(=O)c2ccc(F)cc2Br)ccc1Cl. The molecular weight excluding hydrogens is 335 g/mol. The van der Waals surface area contributed by atoms with Crippen molar-refractivity contribution in [2.75, 3.05) is 7.11 Å². The summed E-state index contributed by atoms with van der Waals surface area (Å²) >= 11 is 9.08. The van der Waals surface area contributed by atoms with Crippen molar-refractivity contribution in [3.05, 3.63) is 62.8 Å². The van der Waals surface area contributed by atoms with Gasteiger partial charge in [-0.15, -0.1) is 0 Å². The number of carbonyl (C=O) groups is 1. The third kappa shape index (κ3) is 2.96. The Kier molecular flexibility index (Phi) is 4.22. The molecular formula is C14H9BrClFO2. The van der Waals surface area contributed by atoms with Gasteiger partial charge in [0.2, 0.25) is 0 Å². The summed E-state index contributed by atoms with van der Waals surface area (Å²) in [5.41, 5.74) is 0.805. The summed E-state index contributed by atoms with van der Waals surface area (Å²) in [4.78, 5) is 12.3. The lowest BCUT2D eigenvalue weighted by atomic mass is 10.0. The number of ketones is 1. The highest BCUT2D eigenvalue weighted by atomic mass is 79.9. The van der Waals surface area contributed by atoms with E-state index in [2.05, 4.69) is 15.9 Å². The lowest BCUT2D eigenvalue weighted by Crippen LogP contribution is -2.03. The van der Waals surface area contributed by atoms with Crippen molar-refractivity contribution in [1.82, 2.24) is 0 Å². The fourth-order valence-electron chi connectivity index (χ4n) is 1.63. The summed E-state index contributed by atoms with van der Waals surface area (Å²) in [6.07, 6.45) is 0. The van der Waals surface area contributed by atoms with E-state index in [0.29, 0.717) is 26.4 Å². The molecule has 2 aromatic carbocycles. The van der Waals surface area contributed by atoms with Gasteiger partial charge in [0.25, 0.3) is 0 Å².